The van der Waals surface area contributed by atoms with Gasteiger partial charge in [-0.05, 0) is 38.1 Å². The largest absolute Gasteiger partial charge is 0.494 e. The number of thiazole rings is 1. The Morgan fingerprint density at radius 3 is 2.69 bits per heavy atom. The van der Waals surface area contributed by atoms with Gasteiger partial charge in [-0.2, -0.15) is 0 Å². The van der Waals surface area contributed by atoms with E-state index < -0.39 is 10.8 Å². The predicted molar refractivity (Wildman–Crippen MR) is 111 cm³/mol. The van der Waals surface area contributed by atoms with Gasteiger partial charge < -0.3 is 9.47 Å². The van der Waals surface area contributed by atoms with E-state index in [2.05, 4.69) is 10.3 Å². The highest BCUT2D eigenvalue weighted by molar-refractivity contribution is 7.14. The number of ether oxygens (including phenoxy) is 2. The average Bonchev–Trinajstić information content (AvgIpc) is 3.18. The van der Waals surface area contributed by atoms with Crippen LogP contribution in [-0.4, -0.2) is 29.0 Å². The summed E-state index contributed by atoms with van der Waals surface area (Å²) in [7, 11) is 0. The van der Waals surface area contributed by atoms with E-state index in [1.807, 2.05) is 32.0 Å². The summed E-state index contributed by atoms with van der Waals surface area (Å²) in [5.41, 5.74) is 1.43. The van der Waals surface area contributed by atoms with Gasteiger partial charge in [-0.15, -0.1) is 11.3 Å². The van der Waals surface area contributed by atoms with E-state index in [0.29, 0.717) is 35.5 Å². The van der Waals surface area contributed by atoms with Gasteiger partial charge in [0.1, 0.15) is 11.5 Å². The molecule has 0 fully saturated rings. The maximum Gasteiger partial charge on any atom is 0.270 e. The standard InChI is InChI=1S/C20H19N3O5S/c1-3-27-15-8-9-18(28-4-2)16(11-15)17-12-29-20(21-17)22-19(24)13-6-5-7-14(10-13)23(25)26/h5-12H,3-4H2,1-2H3,(H,21,22,24). The first-order valence-electron chi connectivity index (χ1n) is 8.93. The number of nitrogens with zero attached hydrogens (tertiary/aromatic N) is 2. The number of amides is 1. The van der Waals surface area contributed by atoms with Crippen LogP contribution in [0.25, 0.3) is 11.3 Å². The van der Waals surface area contributed by atoms with E-state index >= 15 is 0 Å². The van der Waals surface area contributed by atoms with Crippen molar-refractivity contribution >= 4 is 28.1 Å². The van der Waals surface area contributed by atoms with Crippen molar-refractivity contribution in [2.24, 2.45) is 0 Å². The van der Waals surface area contributed by atoms with Crippen LogP contribution in [0.2, 0.25) is 0 Å². The Morgan fingerprint density at radius 2 is 1.97 bits per heavy atom. The molecule has 1 N–H and O–H groups in total. The highest BCUT2D eigenvalue weighted by Crippen LogP contribution is 2.35. The van der Waals surface area contributed by atoms with Gasteiger partial charge in [-0.3, -0.25) is 20.2 Å². The fourth-order valence-electron chi connectivity index (χ4n) is 2.63. The van der Waals surface area contributed by atoms with Gasteiger partial charge in [0.2, 0.25) is 0 Å². The summed E-state index contributed by atoms with van der Waals surface area (Å²) in [5.74, 6) is 0.890. The molecule has 1 heterocycles. The minimum absolute atomic E-state index is 0.147. The van der Waals surface area contributed by atoms with Crippen LogP contribution >= 0.6 is 11.3 Å². The minimum Gasteiger partial charge on any atom is -0.494 e. The molecule has 3 rings (SSSR count). The van der Waals surface area contributed by atoms with Crippen molar-refractivity contribution in [3.63, 3.8) is 0 Å². The molecule has 1 amide bonds. The molecule has 0 aliphatic heterocycles. The van der Waals surface area contributed by atoms with Gasteiger partial charge in [0.05, 0.1) is 23.8 Å². The second-order valence-corrected chi connectivity index (χ2v) is 6.68. The number of hydrogen-bond acceptors (Lipinski definition) is 7. The number of nitro benzene ring substituents is 1. The number of carbonyl (C=O) groups is 1. The molecule has 29 heavy (non-hydrogen) atoms. The van der Waals surface area contributed by atoms with Crippen LogP contribution in [0.3, 0.4) is 0 Å². The van der Waals surface area contributed by atoms with Crippen LogP contribution in [0.1, 0.15) is 24.2 Å². The van der Waals surface area contributed by atoms with Crippen molar-refractivity contribution in [1.82, 2.24) is 4.98 Å². The van der Waals surface area contributed by atoms with Crippen molar-refractivity contribution in [2.75, 3.05) is 18.5 Å². The number of benzene rings is 2. The first kappa shape index (κ1) is 20.3. The molecular weight excluding hydrogens is 394 g/mol. The van der Waals surface area contributed by atoms with E-state index in [1.54, 1.807) is 5.38 Å². The Balaban J connectivity index is 1.84. The third-order valence-corrected chi connectivity index (χ3v) is 4.64. The summed E-state index contributed by atoms with van der Waals surface area (Å²) in [5, 5.41) is 15.8. The van der Waals surface area contributed by atoms with E-state index in [0.717, 1.165) is 5.56 Å². The predicted octanol–water partition coefficient (Wildman–Crippen LogP) is 4.77. The summed E-state index contributed by atoms with van der Waals surface area (Å²) in [6.07, 6.45) is 0. The zero-order valence-corrected chi connectivity index (χ0v) is 16.7. The molecular formula is C20H19N3O5S. The minimum atomic E-state index is -0.543. The number of nitro groups is 1. The molecule has 0 spiro atoms. The second-order valence-electron chi connectivity index (χ2n) is 5.82. The van der Waals surface area contributed by atoms with E-state index in [9.17, 15) is 14.9 Å². The monoisotopic (exact) mass is 413 g/mol. The van der Waals surface area contributed by atoms with Gasteiger partial charge in [-0.1, -0.05) is 6.07 Å². The number of carbonyl (C=O) groups excluding carboxylic acids is 1. The molecule has 0 unspecified atom stereocenters. The van der Waals surface area contributed by atoms with Crippen LogP contribution in [0.4, 0.5) is 10.8 Å². The average molecular weight is 413 g/mol. The fraction of sp³-hybridized carbons (Fsp3) is 0.200. The van der Waals surface area contributed by atoms with Crippen molar-refractivity contribution in [2.45, 2.75) is 13.8 Å². The fourth-order valence-corrected chi connectivity index (χ4v) is 3.34. The molecule has 3 aromatic rings. The summed E-state index contributed by atoms with van der Waals surface area (Å²) >= 11 is 1.25. The maximum absolute atomic E-state index is 12.4. The number of hydrogen-bond donors (Lipinski definition) is 1. The molecule has 2 aromatic carbocycles. The topological polar surface area (TPSA) is 104 Å². The van der Waals surface area contributed by atoms with Gasteiger partial charge in [0.15, 0.2) is 5.13 Å². The summed E-state index contributed by atoms with van der Waals surface area (Å²) in [6, 6.07) is 11.0. The van der Waals surface area contributed by atoms with Crippen molar-refractivity contribution in [3.8, 4) is 22.8 Å². The van der Waals surface area contributed by atoms with Crippen molar-refractivity contribution in [3.05, 3.63) is 63.5 Å². The van der Waals surface area contributed by atoms with Crippen molar-refractivity contribution in [1.29, 1.82) is 0 Å². The molecule has 0 aliphatic carbocycles. The normalized spacial score (nSPS) is 10.4. The lowest BCUT2D eigenvalue weighted by Gasteiger charge is -2.11. The molecule has 150 valence electrons. The molecule has 0 bridgehead atoms. The number of aromatic nitrogens is 1. The van der Waals surface area contributed by atoms with Crippen LogP contribution in [0.5, 0.6) is 11.5 Å². The SMILES string of the molecule is CCOc1ccc(OCC)c(-c2csc(NC(=O)c3cccc([N+](=O)[O-])c3)n2)c1. The molecule has 9 heteroatoms. The highest BCUT2D eigenvalue weighted by atomic mass is 32.1. The first-order valence-corrected chi connectivity index (χ1v) is 9.81. The van der Waals surface area contributed by atoms with Crippen LogP contribution in [0, 0.1) is 10.1 Å². The highest BCUT2D eigenvalue weighted by Gasteiger charge is 2.16. The maximum atomic E-state index is 12.4. The quantitative estimate of drug-likeness (QED) is 0.421. The first-order chi connectivity index (χ1) is 14.0. The molecule has 0 aliphatic rings. The lowest BCUT2D eigenvalue weighted by Crippen LogP contribution is -2.11. The van der Waals surface area contributed by atoms with Gasteiger partial charge >= 0.3 is 0 Å². The number of rotatable bonds is 8. The molecule has 0 saturated carbocycles. The lowest BCUT2D eigenvalue weighted by atomic mass is 10.1. The second kappa shape index (κ2) is 9.16. The lowest BCUT2D eigenvalue weighted by molar-refractivity contribution is -0.384. The van der Waals surface area contributed by atoms with E-state index in [1.165, 1.54) is 35.6 Å². The number of non-ortho nitro benzene ring substituents is 1. The van der Waals surface area contributed by atoms with Crippen LogP contribution < -0.4 is 14.8 Å². The Labute approximate surface area is 171 Å². The molecule has 8 nitrogen and oxygen atoms in total. The Hall–Kier alpha value is -3.46. The van der Waals surface area contributed by atoms with Crippen molar-refractivity contribution < 1.29 is 19.2 Å². The van der Waals surface area contributed by atoms with Gasteiger partial charge in [-0.25, -0.2) is 4.98 Å². The number of anilines is 1. The van der Waals surface area contributed by atoms with Gasteiger partial charge in [0.25, 0.3) is 11.6 Å². The van der Waals surface area contributed by atoms with Gasteiger partial charge in [0, 0.05) is 28.6 Å². The Bertz CT molecular complexity index is 1030. The molecule has 0 saturated heterocycles. The number of nitrogens with one attached hydrogen (secondary N) is 1. The zero-order chi connectivity index (χ0) is 20.8. The Kier molecular flexibility index (Phi) is 6.40. The Morgan fingerprint density at radius 1 is 1.17 bits per heavy atom. The zero-order valence-electron chi connectivity index (χ0n) is 15.9. The smallest absolute Gasteiger partial charge is 0.270 e. The van der Waals surface area contributed by atoms with E-state index in [-0.39, 0.29) is 11.3 Å². The third-order valence-electron chi connectivity index (χ3n) is 3.88. The third kappa shape index (κ3) is 4.88. The van der Waals surface area contributed by atoms with Crippen LogP contribution in [-0.2, 0) is 0 Å². The summed E-state index contributed by atoms with van der Waals surface area (Å²) in [6.45, 7) is 4.84. The molecule has 1 aromatic heterocycles. The molecule has 0 radical (unpaired) electrons. The van der Waals surface area contributed by atoms with Crippen LogP contribution in [0.15, 0.2) is 47.8 Å². The summed E-state index contributed by atoms with van der Waals surface area (Å²) < 4.78 is 11.2. The van der Waals surface area contributed by atoms with E-state index in [4.69, 9.17) is 9.47 Å². The molecule has 0 atom stereocenters. The summed E-state index contributed by atoms with van der Waals surface area (Å²) in [4.78, 5) is 27.2.